The van der Waals surface area contributed by atoms with Gasteiger partial charge in [0.1, 0.15) is 0 Å². The second kappa shape index (κ2) is 4.02. The number of hydrogen-bond acceptors (Lipinski definition) is 3. The lowest BCUT2D eigenvalue weighted by molar-refractivity contribution is -0.169. The first-order chi connectivity index (χ1) is 7.58. The van der Waals surface area contributed by atoms with Crippen LogP contribution in [0.15, 0.2) is 0 Å². The smallest absolute Gasteiger partial charge is 0.312 e. The Labute approximate surface area is 97.7 Å². The third kappa shape index (κ3) is 1.56. The summed E-state index contributed by atoms with van der Waals surface area (Å²) in [7, 11) is 0. The molecule has 1 unspecified atom stereocenters. The molecule has 0 radical (unpaired) electrons. The summed E-state index contributed by atoms with van der Waals surface area (Å²) in [5.41, 5.74) is 6.07. The third-order valence-corrected chi connectivity index (χ3v) is 5.06. The Hall–Kier alpha value is -0.570. The van der Waals surface area contributed by atoms with Crippen molar-refractivity contribution < 1.29 is 9.53 Å². The zero-order valence-corrected chi connectivity index (χ0v) is 10.4. The van der Waals surface area contributed by atoms with Crippen LogP contribution in [0.5, 0.6) is 0 Å². The van der Waals surface area contributed by atoms with Crippen molar-refractivity contribution >= 4 is 5.97 Å². The zero-order valence-electron chi connectivity index (χ0n) is 10.4. The Morgan fingerprint density at radius 3 is 2.44 bits per heavy atom. The average Bonchev–Trinajstić information content (AvgIpc) is 2.31. The van der Waals surface area contributed by atoms with Crippen molar-refractivity contribution in [3.05, 3.63) is 0 Å². The molecule has 0 aliphatic heterocycles. The molecule has 3 rings (SSSR count). The molecule has 0 amide bonds. The van der Waals surface area contributed by atoms with Crippen molar-refractivity contribution in [2.75, 3.05) is 13.2 Å². The van der Waals surface area contributed by atoms with Crippen molar-refractivity contribution in [2.24, 2.45) is 22.5 Å². The number of hydrogen-bond donors (Lipinski definition) is 1. The van der Waals surface area contributed by atoms with Crippen LogP contribution in [-0.2, 0) is 9.53 Å². The zero-order chi connectivity index (χ0) is 11.8. The van der Waals surface area contributed by atoms with Crippen molar-refractivity contribution in [1.82, 2.24) is 0 Å². The highest BCUT2D eigenvalue weighted by Crippen LogP contribution is 2.59. The number of rotatable bonds is 3. The van der Waals surface area contributed by atoms with Gasteiger partial charge in [-0.05, 0) is 56.9 Å². The Kier molecular flexibility index (Phi) is 2.99. The van der Waals surface area contributed by atoms with E-state index in [4.69, 9.17) is 10.5 Å². The van der Waals surface area contributed by atoms with E-state index in [1.807, 2.05) is 6.92 Å². The summed E-state index contributed by atoms with van der Waals surface area (Å²) in [6.07, 6.45) is 5.14. The lowest BCUT2D eigenvalue weighted by Gasteiger charge is -2.55. The number of ether oxygens (including phenoxy) is 1. The first-order valence-electron chi connectivity index (χ1n) is 6.46. The number of fused-ring (bicyclic) bond motifs is 3. The molecule has 0 heterocycles. The molecule has 2 N–H and O–H groups in total. The second-order valence-corrected chi connectivity index (χ2v) is 5.67. The Morgan fingerprint density at radius 1 is 1.38 bits per heavy atom. The summed E-state index contributed by atoms with van der Waals surface area (Å²) in [6.45, 7) is 5.40. The van der Waals surface area contributed by atoms with E-state index in [1.165, 1.54) is 0 Å². The minimum atomic E-state index is -0.174. The van der Waals surface area contributed by atoms with E-state index in [1.54, 1.807) is 0 Å². The largest absolute Gasteiger partial charge is 0.466 e. The van der Waals surface area contributed by atoms with Crippen LogP contribution in [0.3, 0.4) is 0 Å². The molecule has 3 fully saturated rings. The topological polar surface area (TPSA) is 52.3 Å². The van der Waals surface area contributed by atoms with E-state index < -0.39 is 0 Å². The fourth-order valence-electron chi connectivity index (χ4n) is 3.70. The quantitative estimate of drug-likeness (QED) is 0.748. The molecule has 0 aromatic carbocycles. The molecule has 3 aliphatic carbocycles. The van der Waals surface area contributed by atoms with E-state index in [9.17, 15) is 4.79 Å². The van der Waals surface area contributed by atoms with Crippen molar-refractivity contribution in [2.45, 2.75) is 46.0 Å². The SMILES string of the molecule is CCOC(=O)C12CCC(CN)(CC1)C(C)C2. The maximum atomic E-state index is 12.1. The number of esters is 1. The molecule has 16 heavy (non-hydrogen) atoms. The summed E-state index contributed by atoms with van der Waals surface area (Å²) >= 11 is 0. The van der Waals surface area contributed by atoms with E-state index in [-0.39, 0.29) is 11.4 Å². The van der Waals surface area contributed by atoms with Crippen LogP contribution in [0.1, 0.15) is 46.0 Å². The van der Waals surface area contributed by atoms with Crippen molar-refractivity contribution in [3.63, 3.8) is 0 Å². The minimum absolute atomic E-state index is 0.0344. The van der Waals surface area contributed by atoms with Gasteiger partial charge in [-0.2, -0.15) is 0 Å². The van der Waals surface area contributed by atoms with E-state index in [2.05, 4.69) is 6.92 Å². The first kappa shape index (κ1) is 11.9. The molecule has 3 nitrogen and oxygen atoms in total. The molecule has 1 atom stereocenters. The summed E-state index contributed by atoms with van der Waals surface area (Å²) in [4.78, 5) is 12.1. The average molecular weight is 225 g/mol. The van der Waals surface area contributed by atoms with Gasteiger partial charge in [0.2, 0.25) is 0 Å². The first-order valence-corrected chi connectivity index (χ1v) is 6.46. The maximum Gasteiger partial charge on any atom is 0.312 e. The Balaban J connectivity index is 2.15. The fourth-order valence-corrected chi connectivity index (χ4v) is 3.70. The van der Waals surface area contributed by atoms with E-state index in [0.717, 1.165) is 38.6 Å². The molecule has 0 spiro atoms. The highest BCUT2D eigenvalue weighted by Gasteiger charge is 2.55. The van der Waals surface area contributed by atoms with Gasteiger partial charge in [-0.3, -0.25) is 4.79 Å². The highest BCUT2D eigenvalue weighted by atomic mass is 16.5. The second-order valence-electron chi connectivity index (χ2n) is 5.67. The summed E-state index contributed by atoms with van der Waals surface area (Å²) in [5.74, 6) is 0.594. The van der Waals surface area contributed by atoms with Crippen molar-refractivity contribution in [3.8, 4) is 0 Å². The normalized spacial score (nSPS) is 42.1. The van der Waals surface area contributed by atoms with Crippen molar-refractivity contribution in [1.29, 1.82) is 0 Å². The summed E-state index contributed by atoms with van der Waals surface area (Å²) in [5, 5.41) is 0. The van der Waals surface area contributed by atoms with Gasteiger partial charge in [-0.1, -0.05) is 6.92 Å². The van der Waals surface area contributed by atoms with Gasteiger partial charge >= 0.3 is 5.97 Å². The van der Waals surface area contributed by atoms with Crippen LogP contribution < -0.4 is 5.73 Å². The third-order valence-electron chi connectivity index (χ3n) is 5.06. The van der Waals surface area contributed by atoms with E-state index in [0.29, 0.717) is 17.9 Å². The van der Waals surface area contributed by atoms with Gasteiger partial charge < -0.3 is 10.5 Å². The van der Waals surface area contributed by atoms with Crippen LogP contribution in [0.25, 0.3) is 0 Å². The molecule has 0 saturated heterocycles. The lowest BCUT2D eigenvalue weighted by Crippen LogP contribution is -2.53. The maximum absolute atomic E-state index is 12.1. The van der Waals surface area contributed by atoms with Gasteiger partial charge in [0.05, 0.1) is 12.0 Å². The monoisotopic (exact) mass is 225 g/mol. The molecule has 3 saturated carbocycles. The Morgan fingerprint density at radius 2 is 2.00 bits per heavy atom. The van der Waals surface area contributed by atoms with Crippen LogP contribution in [0.4, 0.5) is 0 Å². The predicted molar refractivity (Wildman–Crippen MR) is 62.8 cm³/mol. The van der Waals surface area contributed by atoms with Crippen LogP contribution in [0, 0.1) is 16.7 Å². The molecular formula is C13H23NO2. The van der Waals surface area contributed by atoms with E-state index >= 15 is 0 Å². The van der Waals surface area contributed by atoms with Gasteiger partial charge in [-0.15, -0.1) is 0 Å². The molecule has 3 heteroatoms. The Bertz CT molecular complexity index is 280. The standard InChI is InChI=1S/C13H23NO2/c1-3-16-11(15)12-4-6-13(9-14,7-5-12)10(2)8-12/h10H,3-9,14H2,1-2H3. The van der Waals surface area contributed by atoms with Crippen LogP contribution in [0.2, 0.25) is 0 Å². The molecule has 2 bridgehead atoms. The van der Waals surface area contributed by atoms with Gasteiger partial charge in [0, 0.05) is 0 Å². The summed E-state index contributed by atoms with van der Waals surface area (Å²) in [6, 6.07) is 0. The van der Waals surface area contributed by atoms with Crippen LogP contribution in [-0.4, -0.2) is 19.1 Å². The van der Waals surface area contributed by atoms with Gasteiger partial charge in [-0.25, -0.2) is 0 Å². The highest BCUT2D eigenvalue weighted by molar-refractivity contribution is 5.77. The molecule has 0 aromatic heterocycles. The lowest BCUT2D eigenvalue weighted by atomic mass is 9.49. The molecule has 3 aliphatic rings. The fraction of sp³-hybridized carbons (Fsp3) is 0.923. The minimum Gasteiger partial charge on any atom is -0.466 e. The van der Waals surface area contributed by atoms with Gasteiger partial charge in [0.15, 0.2) is 0 Å². The summed E-state index contributed by atoms with van der Waals surface area (Å²) < 4.78 is 5.24. The molecule has 92 valence electrons. The predicted octanol–water partition coefficient (Wildman–Crippen LogP) is 2.09. The molecule has 0 aromatic rings. The number of nitrogens with two attached hydrogens (primary N) is 1. The number of carbonyl (C=O) groups is 1. The number of carbonyl (C=O) groups excluding carboxylic acids is 1. The van der Waals surface area contributed by atoms with Crippen LogP contribution >= 0.6 is 0 Å². The molecular weight excluding hydrogens is 202 g/mol. The van der Waals surface area contributed by atoms with Gasteiger partial charge in [0.25, 0.3) is 0 Å².